The van der Waals surface area contributed by atoms with Crippen LogP contribution >= 0.6 is 0 Å². The van der Waals surface area contributed by atoms with Crippen LogP contribution in [0.4, 0.5) is 0 Å². The number of benzene rings is 4. The molecule has 1 saturated heterocycles. The number of carbonyl (C=O) groups excluding carboxylic acids is 2. The lowest BCUT2D eigenvalue weighted by Gasteiger charge is -2.32. The topological polar surface area (TPSA) is 46.6 Å². The number of ketones is 1. The van der Waals surface area contributed by atoms with Crippen molar-refractivity contribution >= 4 is 22.5 Å². The fraction of sp³-hybridized carbons (Fsp3) is 0.333. The number of hydrogen-bond donors (Lipinski definition) is 0. The van der Waals surface area contributed by atoms with E-state index in [0.29, 0.717) is 25.6 Å². The first-order valence-electron chi connectivity index (χ1n) is 14.5. The summed E-state index contributed by atoms with van der Waals surface area (Å²) < 4.78 is 5.49. The van der Waals surface area contributed by atoms with Crippen LogP contribution in [0, 0.1) is 6.92 Å². The maximum Gasteiger partial charge on any atom is 0.224 e. The highest BCUT2D eigenvalue weighted by Gasteiger charge is 2.23. The molecule has 0 atom stereocenters. The van der Waals surface area contributed by atoms with Crippen molar-refractivity contribution in [1.29, 1.82) is 0 Å². The lowest BCUT2D eigenvalue weighted by Crippen LogP contribution is -2.38. The van der Waals surface area contributed by atoms with Gasteiger partial charge in [0.05, 0.1) is 13.0 Å². The molecular formula is C36H39NO3. The number of piperidine rings is 1. The Kier molecular flexibility index (Phi) is 8.76. The van der Waals surface area contributed by atoms with Crippen molar-refractivity contribution in [2.24, 2.45) is 0 Å². The molecule has 1 amide bonds. The second-order valence-electron chi connectivity index (χ2n) is 11.0. The van der Waals surface area contributed by atoms with E-state index in [9.17, 15) is 9.59 Å². The molecule has 4 aromatic carbocycles. The second kappa shape index (κ2) is 12.6. The molecule has 1 aliphatic rings. The highest BCUT2D eigenvalue weighted by Crippen LogP contribution is 2.35. The van der Waals surface area contributed by atoms with E-state index in [-0.39, 0.29) is 11.7 Å². The molecule has 0 aliphatic carbocycles. The van der Waals surface area contributed by atoms with Gasteiger partial charge in [0.15, 0.2) is 5.78 Å². The van der Waals surface area contributed by atoms with E-state index in [1.54, 1.807) is 6.92 Å². The predicted molar refractivity (Wildman–Crippen MR) is 164 cm³/mol. The molecule has 0 N–H and O–H groups in total. The van der Waals surface area contributed by atoms with Crippen molar-refractivity contribution in [3.8, 4) is 22.3 Å². The molecule has 4 heteroatoms. The molecule has 0 saturated carbocycles. The first kappa shape index (κ1) is 27.8. The Labute approximate surface area is 238 Å². The molecule has 1 heterocycles. The third-order valence-corrected chi connectivity index (χ3v) is 8.09. The fourth-order valence-electron chi connectivity index (χ4n) is 5.70. The summed E-state index contributed by atoms with van der Waals surface area (Å²) >= 11 is 0. The predicted octanol–water partition coefficient (Wildman–Crippen LogP) is 8.21. The molecule has 4 nitrogen and oxygen atoms in total. The molecule has 0 aromatic heterocycles. The summed E-state index contributed by atoms with van der Waals surface area (Å²) in [5, 5.41) is 2.21. The zero-order chi connectivity index (χ0) is 28.1. The Morgan fingerprint density at radius 3 is 2.17 bits per heavy atom. The molecule has 40 heavy (non-hydrogen) atoms. The molecule has 0 radical (unpaired) electrons. The van der Waals surface area contributed by atoms with Gasteiger partial charge in [-0.2, -0.15) is 0 Å². The van der Waals surface area contributed by atoms with Crippen molar-refractivity contribution in [3.05, 3.63) is 95.6 Å². The average molecular weight is 534 g/mol. The smallest absolute Gasteiger partial charge is 0.224 e. The molecular weight excluding hydrogens is 494 g/mol. The third-order valence-electron chi connectivity index (χ3n) is 8.09. The molecule has 5 rings (SSSR count). The monoisotopic (exact) mass is 533 g/mol. The molecule has 206 valence electrons. The first-order valence-corrected chi connectivity index (χ1v) is 14.5. The summed E-state index contributed by atoms with van der Waals surface area (Å²) in [7, 11) is 0. The van der Waals surface area contributed by atoms with Crippen LogP contribution in [0.15, 0.2) is 78.9 Å². The summed E-state index contributed by atoms with van der Waals surface area (Å²) in [6, 6.07) is 27.9. The molecule has 1 aliphatic heterocycles. The summed E-state index contributed by atoms with van der Waals surface area (Å²) in [6.45, 7) is 8.63. The highest BCUT2D eigenvalue weighted by atomic mass is 16.5. The van der Waals surface area contributed by atoms with Crippen molar-refractivity contribution in [1.82, 2.24) is 4.90 Å². The number of hydrogen-bond acceptors (Lipinski definition) is 3. The number of nitrogens with zero attached hydrogens (tertiary/aromatic N) is 1. The van der Waals surface area contributed by atoms with Gasteiger partial charge < -0.3 is 9.64 Å². The molecule has 0 unspecified atom stereocenters. The van der Waals surface area contributed by atoms with Crippen LogP contribution in [0.3, 0.4) is 0 Å². The van der Waals surface area contributed by atoms with Crippen LogP contribution in [0.25, 0.3) is 33.0 Å². The van der Waals surface area contributed by atoms with Gasteiger partial charge in [-0.15, -0.1) is 0 Å². The average Bonchev–Trinajstić information content (AvgIpc) is 2.99. The summed E-state index contributed by atoms with van der Waals surface area (Å²) in [6.07, 6.45) is 3.40. The van der Waals surface area contributed by atoms with Crippen LogP contribution in [-0.2, 0) is 9.53 Å². The number of carbonyl (C=O) groups is 2. The number of fused-ring (bicyclic) bond motifs is 1. The zero-order valence-corrected chi connectivity index (χ0v) is 23.9. The van der Waals surface area contributed by atoms with Gasteiger partial charge in [0, 0.05) is 25.3 Å². The Morgan fingerprint density at radius 2 is 1.50 bits per heavy atom. The van der Waals surface area contributed by atoms with Gasteiger partial charge in [-0.25, -0.2) is 0 Å². The van der Waals surface area contributed by atoms with Crippen molar-refractivity contribution in [3.63, 3.8) is 0 Å². The van der Waals surface area contributed by atoms with Gasteiger partial charge in [0.2, 0.25) is 5.91 Å². The van der Waals surface area contributed by atoms with E-state index in [1.165, 1.54) is 16.7 Å². The minimum Gasteiger partial charge on any atom is -0.381 e. The third kappa shape index (κ3) is 6.34. The number of Topliss-reactive ketones (excluding diaryl/α,β-unsaturated/α-hetero) is 1. The minimum atomic E-state index is 0.0683. The van der Waals surface area contributed by atoms with Gasteiger partial charge in [0.1, 0.15) is 0 Å². The summed E-state index contributed by atoms with van der Waals surface area (Å²) in [5.74, 6) is 0.721. The van der Waals surface area contributed by atoms with Crippen molar-refractivity contribution in [2.75, 3.05) is 26.3 Å². The fourth-order valence-corrected chi connectivity index (χ4v) is 5.70. The Hall–Kier alpha value is -3.76. The van der Waals surface area contributed by atoms with Crippen molar-refractivity contribution < 1.29 is 14.3 Å². The van der Waals surface area contributed by atoms with Gasteiger partial charge in [-0.3, -0.25) is 9.59 Å². The Morgan fingerprint density at radius 1 is 0.825 bits per heavy atom. The van der Waals surface area contributed by atoms with Crippen LogP contribution in [-0.4, -0.2) is 42.9 Å². The summed E-state index contributed by atoms with van der Waals surface area (Å²) in [4.78, 5) is 27.0. The second-order valence-corrected chi connectivity index (χ2v) is 11.0. The van der Waals surface area contributed by atoms with Gasteiger partial charge in [-0.05, 0) is 95.8 Å². The minimum absolute atomic E-state index is 0.0683. The highest BCUT2D eigenvalue weighted by molar-refractivity contribution is 6.05. The van der Waals surface area contributed by atoms with E-state index in [0.717, 1.165) is 65.4 Å². The molecule has 0 spiro atoms. The molecule has 1 fully saturated rings. The Bertz CT molecular complexity index is 1480. The van der Waals surface area contributed by atoms with E-state index >= 15 is 0 Å². The van der Waals surface area contributed by atoms with Gasteiger partial charge in [0.25, 0.3) is 0 Å². The SMILES string of the molecule is CCCOCCC(=O)N1CCC(c2ccc(-c3cc(C(C)=O)cc4cc(-c5ccc(C)cc5)ccc34)cc2)CC1. The lowest BCUT2D eigenvalue weighted by molar-refractivity contribution is -0.133. The summed E-state index contributed by atoms with van der Waals surface area (Å²) in [5.41, 5.74) is 7.79. The normalized spacial score (nSPS) is 14.0. The number of aryl methyl sites for hydroxylation is 1. The van der Waals surface area contributed by atoms with Crippen LogP contribution in [0.1, 0.15) is 66.9 Å². The standard InChI is InChI=1S/C36H39NO3/c1-4-20-40-21-17-36(39)37-18-15-29(16-19-37)27-9-11-30(12-10-27)35-24-32(26(3)38)23-33-22-31(13-14-34(33)35)28-7-5-25(2)6-8-28/h5-14,22-24,29H,4,15-21H2,1-3H3. The zero-order valence-electron chi connectivity index (χ0n) is 23.9. The number of likely N-dealkylation sites (tertiary alicyclic amines) is 1. The maximum absolute atomic E-state index is 12.5. The van der Waals surface area contributed by atoms with E-state index in [4.69, 9.17) is 4.74 Å². The van der Waals surface area contributed by atoms with Crippen molar-refractivity contribution in [2.45, 2.75) is 52.4 Å². The van der Waals surface area contributed by atoms with E-state index in [2.05, 4.69) is 80.6 Å². The van der Waals surface area contributed by atoms with E-state index < -0.39 is 0 Å². The Balaban J connectivity index is 1.34. The quantitative estimate of drug-likeness (QED) is 0.161. The largest absolute Gasteiger partial charge is 0.381 e. The number of rotatable bonds is 9. The van der Waals surface area contributed by atoms with E-state index in [1.807, 2.05) is 17.0 Å². The number of ether oxygens (including phenoxy) is 1. The molecule has 4 aromatic rings. The van der Waals surface area contributed by atoms with Crippen LogP contribution < -0.4 is 0 Å². The maximum atomic E-state index is 12.5. The lowest BCUT2D eigenvalue weighted by atomic mass is 9.87. The first-order chi connectivity index (χ1) is 19.4. The van der Waals surface area contributed by atoms with Crippen LogP contribution in [0.2, 0.25) is 0 Å². The van der Waals surface area contributed by atoms with Crippen LogP contribution in [0.5, 0.6) is 0 Å². The van der Waals surface area contributed by atoms with Gasteiger partial charge >= 0.3 is 0 Å². The molecule has 0 bridgehead atoms. The van der Waals surface area contributed by atoms with Gasteiger partial charge in [-0.1, -0.05) is 73.2 Å². The number of amides is 1.